The molecule has 1 amide bonds. The van der Waals surface area contributed by atoms with Crippen LogP contribution in [-0.2, 0) is 21.0 Å². The lowest BCUT2D eigenvalue weighted by Gasteiger charge is -2.17. The topological polar surface area (TPSA) is 142 Å². The molecule has 0 saturated heterocycles. The number of primary sulfonamides is 1. The molecular weight excluding hydrogens is 419 g/mol. The zero-order valence-electron chi connectivity index (χ0n) is 14.6. The molecule has 0 aliphatic heterocycles. The number of carbonyl (C=O) groups excluding carboxylic acids is 1. The van der Waals surface area contributed by atoms with Crippen molar-refractivity contribution in [3.05, 3.63) is 58.1 Å². The third-order valence-electron chi connectivity index (χ3n) is 3.62. The summed E-state index contributed by atoms with van der Waals surface area (Å²) in [5, 5.41) is 18.1. The van der Waals surface area contributed by atoms with E-state index in [-0.39, 0.29) is 0 Å². The van der Waals surface area contributed by atoms with Crippen LogP contribution in [0.25, 0.3) is 0 Å². The van der Waals surface area contributed by atoms with Crippen LogP contribution in [0.15, 0.2) is 47.4 Å². The van der Waals surface area contributed by atoms with E-state index in [0.29, 0.717) is 6.07 Å². The third-order valence-corrected chi connectivity index (χ3v) is 4.53. The van der Waals surface area contributed by atoms with Crippen molar-refractivity contribution >= 4 is 27.3 Å². The Morgan fingerprint density at radius 1 is 1.24 bits per heavy atom. The summed E-state index contributed by atoms with van der Waals surface area (Å²) in [6.45, 7) is 1.16. The van der Waals surface area contributed by atoms with Crippen LogP contribution >= 0.6 is 0 Å². The maximum atomic E-state index is 13.0. The van der Waals surface area contributed by atoms with Crippen LogP contribution in [0.4, 0.5) is 24.5 Å². The van der Waals surface area contributed by atoms with Gasteiger partial charge in [0.2, 0.25) is 10.0 Å². The van der Waals surface area contributed by atoms with Crippen LogP contribution in [0.5, 0.6) is 5.75 Å². The van der Waals surface area contributed by atoms with Gasteiger partial charge in [-0.15, -0.1) is 0 Å². The van der Waals surface area contributed by atoms with Gasteiger partial charge in [0.15, 0.2) is 11.9 Å². The van der Waals surface area contributed by atoms with Crippen LogP contribution in [0.3, 0.4) is 0 Å². The Morgan fingerprint density at radius 3 is 2.41 bits per heavy atom. The van der Waals surface area contributed by atoms with Crippen molar-refractivity contribution in [2.75, 3.05) is 5.32 Å². The molecule has 2 aromatic carbocycles. The lowest BCUT2D eigenvalue weighted by molar-refractivity contribution is -0.386. The van der Waals surface area contributed by atoms with Gasteiger partial charge in [-0.1, -0.05) is 12.1 Å². The molecule has 9 nitrogen and oxygen atoms in total. The Kier molecular flexibility index (Phi) is 6.13. The first-order valence-electron chi connectivity index (χ1n) is 7.75. The second-order valence-corrected chi connectivity index (χ2v) is 7.29. The predicted molar refractivity (Wildman–Crippen MR) is 94.6 cm³/mol. The Labute approximate surface area is 162 Å². The molecule has 156 valence electrons. The quantitative estimate of drug-likeness (QED) is 0.530. The molecular formula is C16H14F3N3O6S. The monoisotopic (exact) mass is 433 g/mol. The number of ether oxygens (including phenoxy) is 1. The fraction of sp³-hybridized carbons (Fsp3) is 0.188. The number of benzene rings is 2. The number of hydrogen-bond donors (Lipinski definition) is 2. The fourth-order valence-electron chi connectivity index (χ4n) is 2.23. The molecule has 0 radical (unpaired) electrons. The number of nitro groups is 1. The Hall–Kier alpha value is -3.19. The van der Waals surface area contributed by atoms with E-state index in [2.05, 4.69) is 5.32 Å². The van der Waals surface area contributed by atoms with E-state index in [4.69, 9.17) is 9.88 Å². The smallest absolute Gasteiger partial charge is 0.418 e. The minimum absolute atomic E-state index is 0.464. The highest BCUT2D eigenvalue weighted by Crippen LogP contribution is 2.35. The third kappa shape index (κ3) is 5.42. The molecule has 29 heavy (non-hydrogen) atoms. The summed E-state index contributed by atoms with van der Waals surface area (Å²) in [7, 11) is -4.23. The average Bonchev–Trinajstić information content (AvgIpc) is 2.60. The van der Waals surface area contributed by atoms with Gasteiger partial charge in [-0.3, -0.25) is 14.9 Å². The maximum absolute atomic E-state index is 13.0. The zero-order valence-corrected chi connectivity index (χ0v) is 15.5. The SMILES string of the molecule is C[C@@H](Oc1ccc(S(N)(=O)=O)cc1[N+](=O)[O-])C(=O)Nc1ccccc1C(F)(F)F. The largest absolute Gasteiger partial charge is 0.474 e. The first-order valence-corrected chi connectivity index (χ1v) is 9.30. The number of nitrogens with one attached hydrogen (secondary N) is 1. The summed E-state index contributed by atoms with van der Waals surface area (Å²) < 4.78 is 66.8. The Balaban J connectivity index is 2.26. The predicted octanol–water partition coefficient (Wildman–Crippen LogP) is 2.67. The molecule has 2 aromatic rings. The van der Waals surface area contributed by atoms with E-state index in [1.165, 1.54) is 6.07 Å². The van der Waals surface area contributed by atoms with Crippen LogP contribution in [-0.4, -0.2) is 25.4 Å². The number of hydrogen-bond acceptors (Lipinski definition) is 6. The van der Waals surface area contributed by atoms with Crippen LogP contribution in [0, 0.1) is 10.1 Å². The van der Waals surface area contributed by atoms with E-state index in [1.807, 2.05) is 0 Å². The average molecular weight is 433 g/mol. The summed E-state index contributed by atoms with van der Waals surface area (Å²) in [5.74, 6) is -1.47. The van der Waals surface area contributed by atoms with Crippen molar-refractivity contribution < 1.29 is 36.0 Å². The van der Waals surface area contributed by atoms with Crippen LogP contribution in [0.2, 0.25) is 0 Å². The second kappa shape index (κ2) is 8.05. The standard InChI is InChI=1S/C16H14F3N3O6S/c1-9(15(23)21-12-5-3-2-4-11(12)16(17,18)19)28-14-7-6-10(29(20,26)27)8-13(14)22(24)25/h2-9H,1H3,(H,21,23)(H2,20,26,27)/t9-/m1/s1. The maximum Gasteiger partial charge on any atom is 0.418 e. The number of amides is 1. The second-order valence-electron chi connectivity index (χ2n) is 5.72. The number of rotatable bonds is 6. The number of sulfonamides is 1. The van der Waals surface area contributed by atoms with Crippen LogP contribution < -0.4 is 15.2 Å². The number of anilines is 1. The highest BCUT2D eigenvalue weighted by molar-refractivity contribution is 7.89. The zero-order chi connectivity index (χ0) is 22.0. The molecule has 0 heterocycles. The summed E-state index contributed by atoms with van der Waals surface area (Å²) in [6.07, 6.45) is -6.16. The first kappa shape index (κ1) is 22.1. The molecule has 2 rings (SSSR count). The normalized spacial score (nSPS) is 12.9. The first-order chi connectivity index (χ1) is 13.3. The minimum Gasteiger partial charge on any atom is -0.474 e. The van der Waals surface area contributed by atoms with Crippen LogP contribution in [0.1, 0.15) is 12.5 Å². The Bertz CT molecular complexity index is 1060. The number of nitrogens with two attached hydrogens (primary N) is 1. The lowest BCUT2D eigenvalue weighted by atomic mass is 10.1. The number of para-hydroxylation sites is 1. The molecule has 1 atom stereocenters. The number of nitrogens with zero attached hydrogens (tertiary/aromatic N) is 1. The van der Waals surface area contributed by atoms with E-state index in [1.54, 1.807) is 0 Å². The molecule has 3 N–H and O–H groups in total. The van der Waals surface area contributed by atoms with E-state index in [0.717, 1.165) is 37.3 Å². The number of halogens is 3. The molecule has 0 aromatic heterocycles. The van der Waals surface area contributed by atoms with Crippen molar-refractivity contribution in [3.8, 4) is 5.75 Å². The molecule has 0 spiro atoms. The van der Waals surface area contributed by atoms with Crippen molar-refractivity contribution in [1.82, 2.24) is 0 Å². The van der Waals surface area contributed by atoms with Gasteiger partial charge in [0, 0.05) is 6.07 Å². The molecule has 13 heteroatoms. The van der Waals surface area contributed by atoms with Gasteiger partial charge in [0.1, 0.15) is 0 Å². The van der Waals surface area contributed by atoms with Gasteiger partial charge in [0.05, 0.1) is 21.1 Å². The molecule has 0 aliphatic rings. The summed E-state index contributed by atoms with van der Waals surface area (Å²) in [4.78, 5) is 21.9. The van der Waals surface area contributed by atoms with Gasteiger partial charge >= 0.3 is 11.9 Å². The highest BCUT2D eigenvalue weighted by atomic mass is 32.2. The van der Waals surface area contributed by atoms with E-state index >= 15 is 0 Å². The van der Waals surface area contributed by atoms with Gasteiger partial charge in [0.25, 0.3) is 5.91 Å². The van der Waals surface area contributed by atoms with Crippen molar-refractivity contribution in [3.63, 3.8) is 0 Å². The highest BCUT2D eigenvalue weighted by Gasteiger charge is 2.34. The molecule has 0 fully saturated rings. The van der Waals surface area contributed by atoms with Gasteiger partial charge < -0.3 is 10.1 Å². The van der Waals surface area contributed by atoms with Gasteiger partial charge in [-0.2, -0.15) is 13.2 Å². The Morgan fingerprint density at radius 2 is 1.86 bits per heavy atom. The molecule has 0 unspecified atom stereocenters. The van der Waals surface area contributed by atoms with E-state index in [9.17, 15) is 36.5 Å². The van der Waals surface area contributed by atoms with Crippen molar-refractivity contribution in [2.24, 2.45) is 5.14 Å². The number of nitro benzene ring substituents is 1. The van der Waals surface area contributed by atoms with Crippen molar-refractivity contribution in [1.29, 1.82) is 0 Å². The fourth-order valence-corrected chi connectivity index (χ4v) is 2.77. The number of alkyl halides is 3. The molecule has 0 saturated carbocycles. The summed E-state index contributed by atoms with van der Waals surface area (Å²) >= 11 is 0. The number of carbonyl (C=O) groups is 1. The minimum atomic E-state index is -4.71. The van der Waals surface area contributed by atoms with Crippen molar-refractivity contribution in [2.45, 2.75) is 24.1 Å². The summed E-state index contributed by atoms with van der Waals surface area (Å²) in [6, 6.07) is 6.75. The molecule has 0 bridgehead atoms. The lowest BCUT2D eigenvalue weighted by Crippen LogP contribution is -2.31. The van der Waals surface area contributed by atoms with Gasteiger partial charge in [-0.25, -0.2) is 13.6 Å². The summed E-state index contributed by atoms with van der Waals surface area (Å²) in [5.41, 5.74) is -2.38. The molecule has 0 aliphatic carbocycles. The van der Waals surface area contributed by atoms with Gasteiger partial charge in [-0.05, 0) is 31.2 Å². The van der Waals surface area contributed by atoms with E-state index < -0.39 is 60.7 Å².